The zero-order valence-electron chi connectivity index (χ0n) is 17.1. The van der Waals surface area contributed by atoms with Crippen LogP contribution in [0.5, 0.6) is 0 Å². The Labute approximate surface area is 179 Å². The molecular weight excluding hydrogens is 453 g/mol. The van der Waals surface area contributed by atoms with E-state index in [9.17, 15) is 0 Å². The quantitative estimate of drug-likeness (QED) is 0.356. The lowest BCUT2D eigenvalue weighted by Gasteiger charge is -2.26. The summed E-state index contributed by atoms with van der Waals surface area (Å²) < 4.78 is 5.36. The number of likely N-dealkylation sites (N-methyl/N-ethyl adjacent to an activating group) is 1. The van der Waals surface area contributed by atoms with Gasteiger partial charge in [0.15, 0.2) is 11.7 Å². The van der Waals surface area contributed by atoms with Gasteiger partial charge < -0.3 is 20.1 Å². The molecule has 0 saturated heterocycles. The van der Waals surface area contributed by atoms with Crippen molar-refractivity contribution in [2.75, 3.05) is 27.7 Å². The molecule has 2 aromatic rings. The largest absolute Gasteiger partial charge is 0.359 e. The third-order valence-electron chi connectivity index (χ3n) is 4.37. The number of aryl methyl sites for hydroxylation is 1. The Morgan fingerprint density at radius 2 is 1.85 bits per heavy atom. The van der Waals surface area contributed by atoms with Gasteiger partial charge in [0.25, 0.3) is 0 Å². The third kappa shape index (κ3) is 7.14. The number of hydrogen-bond acceptors (Lipinski definition) is 4. The van der Waals surface area contributed by atoms with Crippen LogP contribution in [0.15, 0.2) is 39.8 Å². The Morgan fingerprint density at radius 1 is 1.19 bits per heavy atom. The summed E-state index contributed by atoms with van der Waals surface area (Å²) in [5.74, 6) is 1.91. The van der Waals surface area contributed by atoms with Crippen molar-refractivity contribution in [2.24, 2.45) is 4.99 Å². The summed E-state index contributed by atoms with van der Waals surface area (Å²) in [4.78, 5) is 6.50. The van der Waals surface area contributed by atoms with Crippen LogP contribution in [0.1, 0.15) is 48.4 Å². The first-order valence-corrected chi connectivity index (χ1v) is 9.03. The molecule has 0 amide bonds. The average molecular weight is 485 g/mol. The maximum atomic E-state index is 5.36. The number of hydrogen-bond donors (Lipinski definition) is 2. The number of aliphatic imine (C=N–C) groups is 1. The lowest BCUT2D eigenvalue weighted by molar-refractivity contribution is 0.298. The third-order valence-corrected chi connectivity index (χ3v) is 4.37. The molecule has 0 aliphatic rings. The van der Waals surface area contributed by atoms with E-state index in [0.29, 0.717) is 12.5 Å². The van der Waals surface area contributed by atoms with Gasteiger partial charge in [-0.2, -0.15) is 0 Å². The van der Waals surface area contributed by atoms with Gasteiger partial charge in [-0.1, -0.05) is 48.8 Å². The fourth-order valence-electron chi connectivity index (χ4n) is 2.66. The van der Waals surface area contributed by atoms with E-state index in [0.717, 1.165) is 24.0 Å². The Kier molecular flexibility index (Phi) is 9.79. The Morgan fingerprint density at radius 3 is 2.37 bits per heavy atom. The Bertz CT molecular complexity index is 709. The van der Waals surface area contributed by atoms with Crippen LogP contribution in [0.3, 0.4) is 0 Å². The molecule has 0 aliphatic heterocycles. The van der Waals surface area contributed by atoms with Crippen molar-refractivity contribution >= 4 is 29.9 Å². The Hall–Kier alpha value is -1.61. The minimum atomic E-state index is 0. The van der Waals surface area contributed by atoms with Gasteiger partial charge in [0.2, 0.25) is 0 Å². The zero-order valence-corrected chi connectivity index (χ0v) is 19.4. The molecule has 1 aromatic carbocycles. The van der Waals surface area contributed by atoms with Crippen molar-refractivity contribution in [3.63, 3.8) is 0 Å². The van der Waals surface area contributed by atoms with Crippen molar-refractivity contribution in [1.29, 1.82) is 0 Å². The van der Waals surface area contributed by atoms with E-state index < -0.39 is 0 Å². The lowest BCUT2D eigenvalue weighted by Crippen LogP contribution is -2.41. The highest BCUT2D eigenvalue weighted by Crippen LogP contribution is 2.18. The molecule has 1 unspecified atom stereocenters. The molecule has 7 heteroatoms. The first-order chi connectivity index (χ1) is 12.4. The topological polar surface area (TPSA) is 65.7 Å². The van der Waals surface area contributed by atoms with Crippen LogP contribution in [-0.4, -0.2) is 43.7 Å². The molecule has 0 radical (unpaired) electrons. The second kappa shape index (κ2) is 11.3. The smallest absolute Gasteiger partial charge is 0.191 e. The summed E-state index contributed by atoms with van der Waals surface area (Å²) in [7, 11) is 5.94. The number of benzene rings is 1. The molecule has 1 heterocycles. The van der Waals surface area contributed by atoms with Gasteiger partial charge in [-0.25, -0.2) is 0 Å². The molecule has 0 spiro atoms. The Balaban J connectivity index is 0.00000364. The number of rotatable bonds is 7. The van der Waals surface area contributed by atoms with Crippen molar-refractivity contribution < 1.29 is 4.52 Å². The monoisotopic (exact) mass is 485 g/mol. The van der Waals surface area contributed by atoms with Gasteiger partial charge in [-0.05, 0) is 32.5 Å². The van der Waals surface area contributed by atoms with Crippen molar-refractivity contribution in [1.82, 2.24) is 20.7 Å². The van der Waals surface area contributed by atoms with E-state index >= 15 is 0 Å². The number of aromatic nitrogens is 1. The van der Waals surface area contributed by atoms with Crippen LogP contribution in [-0.2, 0) is 6.54 Å². The van der Waals surface area contributed by atoms with Gasteiger partial charge in [-0.15, -0.1) is 24.0 Å². The molecule has 0 aliphatic carbocycles. The highest BCUT2D eigenvalue weighted by atomic mass is 127. The highest BCUT2D eigenvalue weighted by Gasteiger charge is 2.15. The molecule has 0 fully saturated rings. The van der Waals surface area contributed by atoms with E-state index in [2.05, 4.69) is 84.8 Å². The number of halogens is 1. The zero-order chi connectivity index (χ0) is 19.1. The van der Waals surface area contributed by atoms with Crippen LogP contribution < -0.4 is 10.6 Å². The van der Waals surface area contributed by atoms with Crippen molar-refractivity contribution in [3.8, 4) is 0 Å². The summed E-state index contributed by atoms with van der Waals surface area (Å²) in [6.45, 7) is 7.61. The summed E-state index contributed by atoms with van der Waals surface area (Å²) in [5, 5.41) is 10.8. The minimum Gasteiger partial charge on any atom is -0.359 e. The van der Waals surface area contributed by atoms with Gasteiger partial charge in [0.1, 0.15) is 0 Å². The van der Waals surface area contributed by atoms with E-state index in [1.54, 1.807) is 7.05 Å². The number of nitrogens with one attached hydrogen (secondary N) is 2. The van der Waals surface area contributed by atoms with Gasteiger partial charge in [-0.3, -0.25) is 4.99 Å². The molecule has 2 rings (SSSR count). The first kappa shape index (κ1) is 23.4. The van der Waals surface area contributed by atoms with Crippen LogP contribution >= 0.6 is 24.0 Å². The maximum Gasteiger partial charge on any atom is 0.191 e. The van der Waals surface area contributed by atoms with Crippen molar-refractivity contribution in [3.05, 3.63) is 52.9 Å². The predicted octanol–water partition coefficient (Wildman–Crippen LogP) is 3.69. The second-order valence-electron chi connectivity index (χ2n) is 7.07. The molecule has 27 heavy (non-hydrogen) atoms. The standard InChI is InChI=1S/C20H31N5O.HI/c1-14(2)18-11-17(26-24-18)12-22-20(21-4)23-13-19(25(5)6)16-9-7-15(3)8-10-16;/h7-11,14,19H,12-13H2,1-6H3,(H2,21,22,23);1H. The maximum absolute atomic E-state index is 5.36. The fraction of sp³-hybridized carbons (Fsp3) is 0.500. The molecular formula is C20H32IN5O. The molecule has 6 nitrogen and oxygen atoms in total. The number of nitrogens with zero attached hydrogens (tertiary/aromatic N) is 3. The normalized spacial score (nSPS) is 12.8. The van der Waals surface area contributed by atoms with Crippen molar-refractivity contribution in [2.45, 2.75) is 39.3 Å². The number of guanidine groups is 1. The van der Waals surface area contributed by atoms with Gasteiger partial charge in [0.05, 0.1) is 18.3 Å². The highest BCUT2D eigenvalue weighted by molar-refractivity contribution is 14.0. The molecule has 150 valence electrons. The van der Waals surface area contributed by atoms with E-state index in [4.69, 9.17) is 4.52 Å². The van der Waals surface area contributed by atoms with Crippen LogP contribution in [0.25, 0.3) is 0 Å². The SMILES string of the molecule is CN=C(NCc1cc(C(C)C)no1)NCC(c1ccc(C)cc1)N(C)C.I. The summed E-state index contributed by atoms with van der Waals surface area (Å²) in [5.41, 5.74) is 3.52. The molecule has 0 bridgehead atoms. The van der Waals surface area contributed by atoms with Crippen LogP contribution in [0, 0.1) is 6.92 Å². The molecule has 2 N–H and O–H groups in total. The summed E-state index contributed by atoms with van der Waals surface area (Å²) in [6.07, 6.45) is 0. The lowest BCUT2D eigenvalue weighted by atomic mass is 10.0. The molecule has 0 saturated carbocycles. The second-order valence-corrected chi connectivity index (χ2v) is 7.07. The molecule has 1 atom stereocenters. The van der Waals surface area contributed by atoms with Gasteiger partial charge in [0, 0.05) is 19.7 Å². The summed E-state index contributed by atoms with van der Waals surface area (Å²) >= 11 is 0. The van der Waals surface area contributed by atoms with Crippen LogP contribution in [0.4, 0.5) is 0 Å². The minimum absolute atomic E-state index is 0. The first-order valence-electron chi connectivity index (χ1n) is 9.03. The summed E-state index contributed by atoms with van der Waals surface area (Å²) in [6, 6.07) is 10.9. The predicted molar refractivity (Wildman–Crippen MR) is 122 cm³/mol. The van der Waals surface area contributed by atoms with E-state index in [1.165, 1.54) is 11.1 Å². The van der Waals surface area contributed by atoms with E-state index in [1.807, 2.05) is 6.07 Å². The fourth-order valence-corrected chi connectivity index (χ4v) is 2.66. The molecule has 1 aromatic heterocycles. The van der Waals surface area contributed by atoms with Gasteiger partial charge >= 0.3 is 0 Å². The van der Waals surface area contributed by atoms with Crippen LogP contribution in [0.2, 0.25) is 0 Å². The average Bonchev–Trinajstić information content (AvgIpc) is 3.08. The van der Waals surface area contributed by atoms with E-state index in [-0.39, 0.29) is 30.0 Å².